The van der Waals surface area contributed by atoms with Crippen LogP contribution in [0.1, 0.15) is 29.2 Å². The van der Waals surface area contributed by atoms with Crippen LogP contribution in [0.3, 0.4) is 0 Å². The molecular weight excluding hydrogens is 373 g/mol. The summed E-state index contributed by atoms with van der Waals surface area (Å²) in [6, 6.07) is 14.1. The summed E-state index contributed by atoms with van der Waals surface area (Å²) in [6.45, 7) is 1.96. The first kappa shape index (κ1) is 19.2. The number of rotatable bonds is 3. The molecule has 0 spiro atoms. The van der Waals surface area contributed by atoms with Crippen LogP contribution in [0, 0.1) is 11.7 Å². The quantitative estimate of drug-likeness (QED) is 0.863. The van der Waals surface area contributed by atoms with Crippen LogP contribution in [-0.2, 0) is 11.2 Å². The van der Waals surface area contributed by atoms with Crippen molar-refractivity contribution in [3.05, 3.63) is 71.0 Å². The van der Waals surface area contributed by atoms with Crippen molar-refractivity contribution in [1.29, 1.82) is 0 Å². The highest BCUT2D eigenvalue weighted by Crippen LogP contribution is 2.36. The van der Waals surface area contributed by atoms with E-state index in [1.54, 1.807) is 17.0 Å². The highest BCUT2D eigenvalue weighted by atomic mass is 19.1. The van der Waals surface area contributed by atoms with E-state index < -0.39 is 6.09 Å². The molecule has 7 heteroatoms. The number of halogens is 1. The van der Waals surface area contributed by atoms with E-state index in [-0.39, 0.29) is 30.4 Å². The van der Waals surface area contributed by atoms with Crippen molar-refractivity contribution in [2.45, 2.75) is 18.9 Å². The van der Waals surface area contributed by atoms with Crippen molar-refractivity contribution in [3.8, 4) is 0 Å². The number of nitrogens with two attached hydrogens (primary N) is 1. The minimum absolute atomic E-state index is 0.0459. The van der Waals surface area contributed by atoms with Gasteiger partial charge in [-0.1, -0.05) is 36.4 Å². The Bertz CT molecular complexity index is 902. The normalized spacial score (nSPS) is 21.0. The number of carbonyl (C=O) groups excluding carboxylic acids is 2. The monoisotopic (exact) mass is 397 g/mol. The number of ether oxygens (including phenoxy) is 1. The van der Waals surface area contributed by atoms with Gasteiger partial charge in [0.2, 0.25) is 0 Å². The highest BCUT2D eigenvalue weighted by Gasteiger charge is 2.36. The van der Waals surface area contributed by atoms with Gasteiger partial charge in [0.25, 0.3) is 0 Å². The molecule has 2 aromatic rings. The van der Waals surface area contributed by atoms with Gasteiger partial charge in [-0.2, -0.15) is 0 Å². The first-order valence-electron chi connectivity index (χ1n) is 9.84. The second-order valence-corrected chi connectivity index (χ2v) is 7.61. The molecule has 152 valence electrons. The fourth-order valence-corrected chi connectivity index (χ4v) is 4.30. The molecule has 1 fully saturated rings. The van der Waals surface area contributed by atoms with E-state index in [1.807, 2.05) is 23.1 Å². The maximum atomic E-state index is 13.5. The highest BCUT2D eigenvalue weighted by molar-refractivity contribution is 5.76. The molecule has 2 N–H and O–H groups in total. The Labute approximate surface area is 169 Å². The minimum atomic E-state index is -0.793. The Morgan fingerprint density at radius 2 is 1.86 bits per heavy atom. The number of benzene rings is 2. The zero-order valence-electron chi connectivity index (χ0n) is 16.1. The molecule has 0 saturated carbocycles. The van der Waals surface area contributed by atoms with Crippen LogP contribution in [0.25, 0.3) is 0 Å². The van der Waals surface area contributed by atoms with Gasteiger partial charge in [-0.05, 0) is 41.7 Å². The van der Waals surface area contributed by atoms with Gasteiger partial charge in [0.1, 0.15) is 5.82 Å². The van der Waals surface area contributed by atoms with Crippen LogP contribution in [-0.4, -0.2) is 48.2 Å². The van der Waals surface area contributed by atoms with Crippen molar-refractivity contribution < 1.29 is 18.7 Å². The minimum Gasteiger partial charge on any atom is -0.449 e. The first-order chi connectivity index (χ1) is 14.0. The van der Waals surface area contributed by atoms with Crippen molar-refractivity contribution in [1.82, 2.24) is 9.80 Å². The van der Waals surface area contributed by atoms with Gasteiger partial charge in [-0.15, -0.1) is 0 Å². The molecule has 2 atom stereocenters. The maximum Gasteiger partial charge on any atom is 0.404 e. The summed E-state index contributed by atoms with van der Waals surface area (Å²) in [7, 11) is 0. The predicted octanol–water partition coefficient (Wildman–Crippen LogP) is 3.31. The summed E-state index contributed by atoms with van der Waals surface area (Å²) >= 11 is 0. The second-order valence-electron chi connectivity index (χ2n) is 7.61. The molecule has 0 bridgehead atoms. The lowest BCUT2D eigenvalue weighted by molar-refractivity contribution is 0.130. The average Bonchev–Trinajstić information content (AvgIpc) is 3.21. The first-order valence-corrected chi connectivity index (χ1v) is 9.84. The lowest BCUT2D eigenvalue weighted by Gasteiger charge is -2.39. The van der Waals surface area contributed by atoms with E-state index in [4.69, 9.17) is 10.5 Å². The number of urea groups is 1. The Balaban J connectivity index is 1.58. The smallest absolute Gasteiger partial charge is 0.404 e. The number of carbonyl (C=O) groups is 2. The van der Waals surface area contributed by atoms with Gasteiger partial charge in [-0.25, -0.2) is 14.0 Å². The average molecular weight is 397 g/mol. The number of primary amides is 1. The Morgan fingerprint density at radius 3 is 2.62 bits per heavy atom. The molecule has 29 heavy (non-hydrogen) atoms. The summed E-state index contributed by atoms with van der Waals surface area (Å²) in [4.78, 5) is 27.9. The van der Waals surface area contributed by atoms with Gasteiger partial charge in [-0.3, -0.25) is 0 Å². The van der Waals surface area contributed by atoms with Crippen molar-refractivity contribution >= 4 is 12.1 Å². The van der Waals surface area contributed by atoms with Crippen molar-refractivity contribution in [2.24, 2.45) is 11.7 Å². The molecule has 2 aliphatic heterocycles. The molecule has 4 rings (SSSR count). The van der Waals surface area contributed by atoms with Crippen molar-refractivity contribution in [3.63, 3.8) is 0 Å². The second kappa shape index (κ2) is 8.11. The van der Waals surface area contributed by atoms with Crippen LogP contribution in [0.15, 0.2) is 48.5 Å². The molecule has 0 aliphatic carbocycles. The standard InChI is InChI=1S/C22H24FN3O3/c23-18-7-5-17(6-8-18)20-19-4-2-1-3-16(19)10-12-26(20)22(28)25-11-9-15(13-25)14-29-21(24)27/h1-8,15,20H,9-14H2,(H2,24,27)/t15-,20-/m0/s1. The van der Waals surface area contributed by atoms with Crippen molar-refractivity contribution in [2.75, 3.05) is 26.2 Å². The molecule has 2 aliphatic rings. The third-order valence-electron chi connectivity index (χ3n) is 5.73. The van der Waals surface area contributed by atoms with Gasteiger partial charge < -0.3 is 20.3 Å². The number of fused-ring (bicyclic) bond motifs is 1. The summed E-state index contributed by atoms with van der Waals surface area (Å²) in [5, 5.41) is 0. The van der Waals surface area contributed by atoms with Gasteiger partial charge in [0, 0.05) is 25.6 Å². The fourth-order valence-electron chi connectivity index (χ4n) is 4.30. The summed E-state index contributed by atoms with van der Waals surface area (Å²) in [5.41, 5.74) is 8.22. The zero-order valence-corrected chi connectivity index (χ0v) is 16.1. The van der Waals surface area contributed by atoms with Crippen LogP contribution >= 0.6 is 0 Å². The molecular formula is C22H24FN3O3. The lowest BCUT2D eigenvalue weighted by Crippen LogP contribution is -2.47. The molecule has 1 saturated heterocycles. The van der Waals surface area contributed by atoms with Gasteiger partial charge in [0.15, 0.2) is 0 Å². The predicted molar refractivity (Wildman–Crippen MR) is 106 cm³/mol. The zero-order chi connectivity index (χ0) is 20.4. The molecule has 0 aromatic heterocycles. The van der Waals surface area contributed by atoms with E-state index in [9.17, 15) is 14.0 Å². The van der Waals surface area contributed by atoms with E-state index in [1.165, 1.54) is 17.7 Å². The lowest BCUT2D eigenvalue weighted by atomic mass is 9.88. The van der Waals surface area contributed by atoms with Crippen LogP contribution in [0.2, 0.25) is 0 Å². The number of amides is 3. The maximum absolute atomic E-state index is 13.5. The van der Waals surface area contributed by atoms with Gasteiger partial charge >= 0.3 is 12.1 Å². The third-order valence-corrected chi connectivity index (χ3v) is 5.73. The Kier molecular flexibility index (Phi) is 5.38. The van der Waals surface area contributed by atoms with E-state index >= 15 is 0 Å². The largest absolute Gasteiger partial charge is 0.449 e. The summed E-state index contributed by atoms with van der Waals surface area (Å²) in [6.07, 6.45) is 0.755. The van der Waals surface area contributed by atoms with Crippen LogP contribution < -0.4 is 5.73 Å². The third kappa shape index (κ3) is 4.04. The van der Waals surface area contributed by atoms with Gasteiger partial charge in [0.05, 0.1) is 12.6 Å². The molecule has 2 aromatic carbocycles. The summed E-state index contributed by atoms with van der Waals surface area (Å²) in [5.74, 6) is -0.208. The topological polar surface area (TPSA) is 75.9 Å². The molecule has 6 nitrogen and oxygen atoms in total. The van der Waals surface area contributed by atoms with E-state index in [0.29, 0.717) is 19.6 Å². The fraction of sp³-hybridized carbons (Fsp3) is 0.364. The number of likely N-dealkylation sites (tertiary alicyclic amines) is 1. The SMILES string of the molecule is NC(=O)OC[C@H]1CCN(C(=O)N2CCc3ccccc3[C@@H]2c2ccc(F)cc2)C1. The Hall–Kier alpha value is -3.09. The molecule has 0 unspecified atom stereocenters. The number of hydrogen-bond acceptors (Lipinski definition) is 3. The molecule has 3 amide bonds. The number of nitrogens with zero attached hydrogens (tertiary/aromatic N) is 2. The Morgan fingerprint density at radius 1 is 1.10 bits per heavy atom. The molecule has 2 heterocycles. The summed E-state index contributed by atoms with van der Waals surface area (Å²) < 4.78 is 18.4. The molecule has 0 radical (unpaired) electrons. The number of hydrogen-bond donors (Lipinski definition) is 1. The van der Waals surface area contributed by atoms with E-state index in [0.717, 1.165) is 24.0 Å². The van der Waals surface area contributed by atoms with Crippen LogP contribution in [0.4, 0.5) is 14.0 Å². The van der Waals surface area contributed by atoms with E-state index in [2.05, 4.69) is 6.07 Å². The van der Waals surface area contributed by atoms with Crippen LogP contribution in [0.5, 0.6) is 0 Å².